The second-order valence-corrected chi connectivity index (χ2v) is 9.65. The molecule has 9 nitrogen and oxygen atoms in total. The van der Waals surface area contributed by atoms with Crippen molar-refractivity contribution in [1.29, 1.82) is 0 Å². The third kappa shape index (κ3) is 5.70. The first kappa shape index (κ1) is 26.2. The molecule has 39 heavy (non-hydrogen) atoms. The molecule has 0 saturated carbocycles. The summed E-state index contributed by atoms with van der Waals surface area (Å²) in [6.45, 7) is 2.98. The molecule has 1 aliphatic heterocycles. The zero-order valence-corrected chi connectivity index (χ0v) is 21.8. The molecule has 0 fully saturated rings. The topological polar surface area (TPSA) is 112 Å². The molecule has 0 saturated heterocycles. The molecule has 11 heteroatoms. The first-order valence-electron chi connectivity index (χ1n) is 12.4. The number of aromatic nitrogens is 3. The van der Waals surface area contributed by atoms with Crippen LogP contribution in [0.1, 0.15) is 50.6 Å². The van der Waals surface area contributed by atoms with E-state index in [1.165, 1.54) is 12.1 Å². The van der Waals surface area contributed by atoms with Gasteiger partial charge >= 0.3 is 0 Å². The Morgan fingerprint density at radius 3 is 2.51 bits per heavy atom. The quantitative estimate of drug-likeness (QED) is 0.293. The number of carbonyl (C=O) groups is 3. The van der Waals surface area contributed by atoms with Crippen molar-refractivity contribution >= 4 is 40.7 Å². The first-order chi connectivity index (χ1) is 18.8. The smallest absolute Gasteiger partial charge is 0.276 e. The SMILES string of the molecule is C[C@@H]1CN(C(=O)c2ccc[nH]2)Cc2c(C(=O)Nc3cccc(NC(=O)CCl)c3)nn(Cc3ccc(F)cc3)c21. The second-order valence-electron chi connectivity index (χ2n) is 9.38. The summed E-state index contributed by atoms with van der Waals surface area (Å²) < 4.78 is 15.2. The Labute approximate surface area is 229 Å². The number of anilines is 2. The molecule has 4 aromatic rings. The first-order valence-corrected chi connectivity index (χ1v) is 12.9. The molecule has 0 spiro atoms. The summed E-state index contributed by atoms with van der Waals surface area (Å²) in [5.74, 6) is -1.63. The Kier molecular flexibility index (Phi) is 7.47. The lowest BCUT2D eigenvalue weighted by Crippen LogP contribution is -2.38. The molecule has 3 N–H and O–H groups in total. The van der Waals surface area contributed by atoms with Gasteiger partial charge in [-0.15, -0.1) is 11.6 Å². The Bertz CT molecular complexity index is 1520. The largest absolute Gasteiger partial charge is 0.357 e. The van der Waals surface area contributed by atoms with Gasteiger partial charge in [-0.05, 0) is 48.0 Å². The van der Waals surface area contributed by atoms with E-state index in [2.05, 4.69) is 20.7 Å². The molecular weight excluding hydrogens is 523 g/mol. The fourth-order valence-electron chi connectivity index (χ4n) is 4.81. The maximum atomic E-state index is 13.5. The third-order valence-corrected chi connectivity index (χ3v) is 6.75. The van der Waals surface area contributed by atoms with Crippen molar-refractivity contribution in [2.45, 2.75) is 25.9 Å². The van der Waals surface area contributed by atoms with Gasteiger partial charge < -0.3 is 20.5 Å². The minimum absolute atomic E-state index is 0.115. The summed E-state index contributed by atoms with van der Waals surface area (Å²) in [7, 11) is 0. The lowest BCUT2D eigenvalue weighted by Gasteiger charge is -2.32. The van der Waals surface area contributed by atoms with Crippen molar-refractivity contribution in [2.24, 2.45) is 0 Å². The van der Waals surface area contributed by atoms with Crippen LogP contribution >= 0.6 is 11.6 Å². The molecule has 3 heterocycles. The highest BCUT2D eigenvalue weighted by molar-refractivity contribution is 6.29. The maximum Gasteiger partial charge on any atom is 0.276 e. The molecule has 3 amide bonds. The summed E-state index contributed by atoms with van der Waals surface area (Å²) in [5.41, 5.74) is 3.93. The van der Waals surface area contributed by atoms with E-state index in [1.807, 2.05) is 6.92 Å². The van der Waals surface area contributed by atoms with E-state index < -0.39 is 5.91 Å². The minimum atomic E-state index is -0.453. The summed E-state index contributed by atoms with van der Waals surface area (Å²) in [5, 5.41) is 10.2. The number of alkyl halides is 1. The summed E-state index contributed by atoms with van der Waals surface area (Å²) in [6, 6.07) is 16.3. The van der Waals surface area contributed by atoms with Crippen LogP contribution in [0.3, 0.4) is 0 Å². The van der Waals surface area contributed by atoms with E-state index in [0.717, 1.165) is 11.3 Å². The average molecular weight is 549 g/mol. The van der Waals surface area contributed by atoms with Gasteiger partial charge in [0, 0.05) is 41.3 Å². The molecule has 2 aromatic carbocycles. The number of H-pyrrole nitrogens is 1. The van der Waals surface area contributed by atoms with Crippen molar-refractivity contribution < 1.29 is 18.8 Å². The number of nitrogens with zero attached hydrogens (tertiary/aromatic N) is 3. The number of amides is 3. The monoisotopic (exact) mass is 548 g/mol. The molecule has 1 atom stereocenters. The minimum Gasteiger partial charge on any atom is -0.357 e. The zero-order chi connectivity index (χ0) is 27.5. The summed E-state index contributed by atoms with van der Waals surface area (Å²) in [6.07, 6.45) is 1.69. The number of fused-ring (bicyclic) bond motifs is 1. The van der Waals surface area contributed by atoms with Gasteiger partial charge in [0.05, 0.1) is 13.1 Å². The van der Waals surface area contributed by atoms with Gasteiger partial charge in [-0.1, -0.05) is 25.1 Å². The van der Waals surface area contributed by atoms with Crippen LogP contribution < -0.4 is 10.6 Å². The van der Waals surface area contributed by atoms with E-state index in [0.29, 0.717) is 35.7 Å². The fraction of sp³-hybridized carbons (Fsp3) is 0.214. The van der Waals surface area contributed by atoms with Crippen molar-refractivity contribution in [3.05, 3.63) is 101 Å². The standard InChI is InChI=1S/C28H26ClFN6O3/c1-17-14-35(28(39)23-6-3-11-31-23)16-22-25(34-36(26(17)22)15-18-7-9-19(30)10-8-18)27(38)33-21-5-2-4-20(12-21)32-24(37)13-29/h2-12,17,31H,13-16H2,1H3,(H,32,37)(H,33,38)/t17-/m1/s1. The van der Waals surface area contributed by atoms with Crippen LogP contribution in [-0.2, 0) is 17.9 Å². The predicted octanol–water partition coefficient (Wildman–Crippen LogP) is 4.59. The van der Waals surface area contributed by atoms with Gasteiger partial charge in [-0.3, -0.25) is 19.1 Å². The van der Waals surface area contributed by atoms with Gasteiger partial charge in [-0.2, -0.15) is 5.10 Å². The van der Waals surface area contributed by atoms with Crippen LogP contribution in [0.15, 0.2) is 66.9 Å². The Morgan fingerprint density at radius 1 is 1.08 bits per heavy atom. The number of hydrogen-bond donors (Lipinski definition) is 3. The molecule has 0 aliphatic carbocycles. The molecule has 200 valence electrons. The maximum absolute atomic E-state index is 13.5. The summed E-state index contributed by atoms with van der Waals surface area (Å²) in [4.78, 5) is 43.0. The molecular formula is C28H26ClFN6O3. The van der Waals surface area contributed by atoms with Crippen molar-refractivity contribution in [3.63, 3.8) is 0 Å². The molecule has 0 unspecified atom stereocenters. The second kappa shape index (κ2) is 11.1. The van der Waals surface area contributed by atoms with Gasteiger partial charge in [-0.25, -0.2) is 4.39 Å². The van der Waals surface area contributed by atoms with Crippen molar-refractivity contribution in [3.8, 4) is 0 Å². The molecule has 1 aliphatic rings. The number of aromatic amines is 1. The van der Waals surface area contributed by atoms with Crippen LogP contribution in [0.4, 0.5) is 15.8 Å². The number of carbonyl (C=O) groups excluding carboxylic acids is 3. The van der Waals surface area contributed by atoms with Gasteiger partial charge in [0.2, 0.25) is 5.91 Å². The lowest BCUT2D eigenvalue weighted by molar-refractivity contribution is -0.113. The van der Waals surface area contributed by atoms with Gasteiger partial charge in [0.25, 0.3) is 11.8 Å². The number of benzene rings is 2. The Morgan fingerprint density at radius 2 is 1.82 bits per heavy atom. The third-order valence-electron chi connectivity index (χ3n) is 6.51. The van der Waals surface area contributed by atoms with Crippen LogP contribution in [0.5, 0.6) is 0 Å². The summed E-state index contributed by atoms with van der Waals surface area (Å²) >= 11 is 5.58. The van der Waals surface area contributed by atoms with E-state index in [-0.39, 0.29) is 41.7 Å². The molecule has 5 rings (SSSR count). The van der Waals surface area contributed by atoms with E-state index >= 15 is 0 Å². The van der Waals surface area contributed by atoms with Crippen LogP contribution in [0.25, 0.3) is 0 Å². The van der Waals surface area contributed by atoms with Gasteiger partial charge in [0.1, 0.15) is 17.4 Å². The highest BCUT2D eigenvalue weighted by Crippen LogP contribution is 2.32. The van der Waals surface area contributed by atoms with Crippen LogP contribution in [0, 0.1) is 5.82 Å². The van der Waals surface area contributed by atoms with Gasteiger partial charge in [0.15, 0.2) is 5.69 Å². The van der Waals surface area contributed by atoms with Crippen LogP contribution in [-0.4, -0.2) is 49.8 Å². The van der Waals surface area contributed by atoms with E-state index in [1.54, 1.807) is 64.3 Å². The normalized spacial score (nSPS) is 14.5. The Hall–Kier alpha value is -4.44. The van der Waals surface area contributed by atoms with Crippen LogP contribution in [0.2, 0.25) is 0 Å². The molecule has 2 aromatic heterocycles. The zero-order valence-electron chi connectivity index (χ0n) is 21.1. The number of rotatable bonds is 7. The number of hydrogen-bond acceptors (Lipinski definition) is 4. The van der Waals surface area contributed by atoms with E-state index in [9.17, 15) is 18.8 Å². The fourth-order valence-corrected chi connectivity index (χ4v) is 4.87. The van der Waals surface area contributed by atoms with Crippen molar-refractivity contribution in [2.75, 3.05) is 23.1 Å². The lowest BCUT2D eigenvalue weighted by atomic mass is 9.95. The molecule has 0 bridgehead atoms. The molecule has 0 radical (unpaired) electrons. The predicted molar refractivity (Wildman–Crippen MR) is 145 cm³/mol. The highest BCUT2D eigenvalue weighted by atomic mass is 35.5. The average Bonchev–Trinajstić information content (AvgIpc) is 3.59. The highest BCUT2D eigenvalue weighted by Gasteiger charge is 2.34. The number of nitrogens with one attached hydrogen (secondary N) is 3. The van der Waals surface area contributed by atoms with E-state index in [4.69, 9.17) is 11.6 Å². The Balaban J connectivity index is 1.48. The van der Waals surface area contributed by atoms with Crippen molar-refractivity contribution in [1.82, 2.24) is 19.7 Å². The number of halogens is 2.